The van der Waals surface area contributed by atoms with E-state index in [1.54, 1.807) is 16.9 Å². The summed E-state index contributed by atoms with van der Waals surface area (Å²) in [6.07, 6.45) is 0.412. The van der Waals surface area contributed by atoms with Crippen LogP contribution in [-0.4, -0.2) is 35.4 Å². The highest BCUT2D eigenvalue weighted by atomic mass is 19.4. The number of hydrogen-bond donors (Lipinski definition) is 1. The molecule has 1 fully saturated rings. The van der Waals surface area contributed by atoms with Crippen LogP contribution in [0.4, 0.5) is 13.2 Å². The van der Waals surface area contributed by atoms with Gasteiger partial charge in [0, 0.05) is 32.2 Å². The summed E-state index contributed by atoms with van der Waals surface area (Å²) in [6.45, 7) is 1.05. The maximum Gasteiger partial charge on any atom is 0.416 e. The quantitative estimate of drug-likeness (QED) is 0.618. The third kappa shape index (κ3) is 4.70. The van der Waals surface area contributed by atoms with Gasteiger partial charge in [-0.15, -0.1) is 0 Å². The summed E-state index contributed by atoms with van der Waals surface area (Å²) < 4.78 is 46.9. The topological polar surface area (TPSA) is 56.2 Å². The second-order valence-electron chi connectivity index (χ2n) is 7.90. The van der Waals surface area contributed by atoms with Crippen molar-refractivity contribution in [2.75, 3.05) is 19.8 Å². The lowest BCUT2D eigenvalue weighted by Crippen LogP contribution is -2.48. The van der Waals surface area contributed by atoms with Gasteiger partial charge in [-0.3, -0.25) is 4.79 Å². The molecule has 1 aromatic heterocycles. The summed E-state index contributed by atoms with van der Waals surface area (Å²) in [5.74, 6) is -0.256. The highest BCUT2D eigenvalue weighted by Gasteiger charge is 2.42. The molecule has 2 aromatic carbocycles. The monoisotopic (exact) mass is 443 g/mol. The molecule has 1 aliphatic rings. The second-order valence-corrected chi connectivity index (χ2v) is 7.90. The number of ether oxygens (including phenoxy) is 1. The van der Waals surface area contributed by atoms with E-state index in [2.05, 4.69) is 10.4 Å². The Bertz CT molecular complexity index is 1040. The smallest absolute Gasteiger partial charge is 0.381 e. The first kappa shape index (κ1) is 22.1. The highest BCUT2D eigenvalue weighted by molar-refractivity contribution is 5.88. The van der Waals surface area contributed by atoms with Crippen LogP contribution in [-0.2, 0) is 27.5 Å². The minimum atomic E-state index is -4.46. The first-order chi connectivity index (χ1) is 15.4. The Balaban J connectivity index is 1.45. The molecule has 3 aromatic rings. The van der Waals surface area contributed by atoms with E-state index in [1.807, 2.05) is 36.5 Å². The van der Waals surface area contributed by atoms with Crippen molar-refractivity contribution in [3.05, 3.63) is 83.7 Å². The average molecular weight is 443 g/mol. The van der Waals surface area contributed by atoms with E-state index < -0.39 is 17.2 Å². The van der Waals surface area contributed by atoms with Crippen LogP contribution in [0.15, 0.2) is 67.0 Å². The molecule has 1 N–H and O–H groups in total. The molecular weight excluding hydrogens is 419 g/mol. The minimum Gasteiger partial charge on any atom is -0.381 e. The normalized spacial score (nSPS) is 16.0. The van der Waals surface area contributed by atoms with Crippen LogP contribution in [0.1, 0.15) is 29.5 Å². The predicted octanol–water partition coefficient (Wildman–Crippen LogP) is 4.30. The van der Waals surface area contributed by atoms with Crippen molar-refractivity contribution >= 4 is 5.91 Å². The van der Waals surface area contributed by atoms with Gasteiger partial charge in [0.2, 0.25) is 5.91 Å². The molecule has 32 heavy (non-hydrogen) atoms. The van der Waals surface area contributed by atoms with Crippen LogP contribution in [0.5, 0.6) is 0 Å². The summed E-state index contributed by atoms with van der Waals surface area (Å²) >= 11 is 0. The highest BCUT2D eigenvalue weighted by Crippen LogP contribution is 2.38. The van der Waals surface area contributed by atoms with E-state index in [0.29, 0.717) is 44.6 Å². The fourth-order valence-electron chi connectivity index (χ4n) is 4.09. The molecule has 0 unspecified atom stereocenters. The molecule has 5 nitrogen and oxygen atoms in total. The molecule has 1 amide bonds. The Morgan fingerprint density at radius 2 is 1.84 bits per heavy atom. The third-order valence-corrected chi connectivity index (χ3v) is 5.93. The van der Waals surface area contributed by atoms with Gasteiger partial charge in [0.1, 0.15) is 0 Å². The zero-order valence-electron chi connectivity index (χ0n) is 17.4. The van der Waals surface area contributed by atoms with E-state index in [1.165, 1.54) is 6.07 Å². The molecule has 0 bridgehead atoms. The predicted molar refractivity (Wildman–Crippen MR) is 113 cm³/mol. The number of alkyl halides is 3. The number of nitrogens with one attached hydrogen (secondary N) is 1. The summed E-state index contributed by atoms with van der Waals surface area (Å²) in [7, 11) is 0. The van der Waals surface area contributed by atoms with Crippen LogP contribution in [0, 0.1) is 0 Å². The first-order valence-corrected chi connectivity index (χ1v) is 10.5. The Hall–Kier alpha value is -3.13. The van der Waals surface area contributed by atoms with Crippen LogP contribution in [0.3, 0.4) is 0 Å². The van der Waals surface area contributed by atoms with Crippen molar-refractivity contribution in [2.45, 2.75) is 30.9 Å². The van der Waals surface area contributed by atoms with E-state index in [4.69, 9.17) is 4.74 Å². The van der Waals surface area contributed by atoms with Crippen LogP contribution < -0.4 is 5.32 Å². The molecule has 0 aliphatic carbocycles. The van der Waals surface area contributed by atoms with Gasteiger partial charge < -0.3 is 10.1 Å². The molecule has 168 valence electrons. The van der Waals surface area contributed by atoms with E-state index >= 15 is 0 Å². The number of carbonyl (C=O) groups is 1. The van der Waals surface area contributed by atoms with Crippen molar-refractivity contribution in [1.29, 1.82) is 0 Å². The zero-order chi connectivity index (χ0) is 22.6. The lowest BCUT2D eigenvalue weighted by atomic mass is 9.73. The number of halogens is 3. The van der Waals surface area contributed by atoms with E-state index in [-0.39, 0.29) is 5.91 Å². The maximum absolute atomic E-state index is 13.2. The first-order valence-electron chi connectivity index (χ1n) is 10.5. The minimum absolute atomic E-state index is 0.256. The largest absolute Gasteiger partial charge is 0.416 e. The Morgan fingerprint density at radius 3 is 2.50 bits per heavy atom. The van der Waals surface area contributed by atoms with Gasteiger partial charge in [-0.2, -0.15) is 18.3 Å². The van der Waals surface area contributed by atoms with Gasteiger partial charge in [0.25, 0.3) is 0 Å². The van der Waals surface area contributed by atoms with Gasteiger partial charge in [-0.1, -0.05) is 30.3 Å². The van der Waals surface area contributed by atoms with Crippen LogP contribution >= 0.6 is 0 Å². The number of hydrogen-bond acceptors (Lipinski definition) is 3. The average Bonchev–Trinajstić information content (AvgIpc) is 3.34. The molecule has 0 saturated carbocycles. The lowest BCUT2D eigenvalue weighted by Gasteiger charge is -2.36. The molecule has 8 heteroatoms. The molecule has 0 atom stereocenters. The fraction of sp³-hybridized carbons (Fsp3) is 0.333. The number of benzene rings is 2. The summed E-state index contributed by atoms with van der Waals surface area (Å²) in [4.78, 5) is 13.2. The second kappa shape index (κ2) is 9.16. The standard InChI is InChI=1S/C24H24F3N3O2/c25-24(26,27)20-4-1-3-19(17-20)23(10-15-32-16-11-23)22(31)28-13-9-18-5-7-21(8-6-18)30-14-2-12-29-30/h1-8,12,14,17H,9-11,13,15-16H2,(H,28,31). The zero-order valence-corrected chi connectivity index (χ0v) is 17.4. The van der Waals surface area contributed by atoms with Crippen LogP contribution in [0.25, 0.3) is 5.69 Å². The summed E-state index contributed by atoms with van der Waals surface area (Å²) in [5.41, 5.74) is 0.598. The molecule has 1 saturated heterocycles. The van der Waals surface area contributed by atoms with Crippen molar-refractivity contribution < 1.29 is 22.7 Å². The lowest BCUT2D eigenvalue weighted by molar-refractivity contribution is -0.138. The Morgan fingerprint density at radius 1 is 1.09 bits per heavy atom. The number of nitrogens with zero attached hydrogens (tertiary/aromatic N) is 2. The molecule has 0 radical (unpaired) electrons. The van der Waals surface area contributed by atoms with Gasteiger partial charge in [-0.25, -0.2) is 4.68 Å². The molecule has 0 spiro atoms. The summed E-state index contributed by atoms with van der Waals surface area (Å²) in [5, 5.41) is 7.14. The number of carbonyl (C=O) groups excluding carboxylic acids is 1. The van der Waals surface area contributed by atoms with E-state index in [9.17, 15) is 18.0 Å². The maximum atomic E-state index is 13.2. The van der Waals surface area contributed by atoms with Crippen molar-refractivity contribution in [2.24, 2.45) is 0 Å². The number of rotatable bonds is 6. The van der Waals surface area contributed by atoms with E-state index in [0.717, 1.165) is 23.4 Å². The SMILES string of the molecule is O=C(NCCc1ccc(-n2cccn2)cc1)C1(c2cccc(C(F)(F)F)c2)CCOCC1. The Kier molecular flexibility index (Phi) is 6.32. The number of amides is 1. The van der Waals surface area contributed by atoms with Gasteiger partial charge in [-0.05, 0) is 54.7 Å². The third-order valence-electron chi connectivity index (χ3n) is 5.93. The van der Waals surface area contributed by atoms with Crippen LogP contribution in [0.2, 0.25) is 0 Å². The van der Waals surface area contributed by atoms with Crippen molar-refractivity contribution in [3.63, 3.8) is 0 Å². The van der Waals surface area contributed by atoms with Gasteiger partial charge in [0.15, 0.2) is 0 Å². The van der Waals surface area contributed by atoms with Gasteiger partial charge >= 0.3 is 6.18 Å². The van der Waals surface area contributed by atoms with Crippen molar-refractivity contribution in [1.82, 2.24) is 15.1 Å². The molecule has 1 aliphatic heterocycles. The summed E-state index contributed by atoms with van der Waals surface area (Å²) in [6, 6.07) is 14.8. The van der Waals surface area contributed by atoms with Crippen molar-refractivity contribution in [3.8, 4) is 5.69 Å². The molecule has 2 heterocycles. The molecular formula is C24H24F3N3O2. The Labute approximate surface area is 184 Å². The fourth-order valence-corrected chi connectivity index (χ4v) is 4.09. The van der Waals surface area contributed by atoms with Gasteiger partial charge in [0.05, 0.1) is 16.7 Å². The number of aromatic nitrogens is 2. The molecule has 4 rings (SSSR count).